The van der Waals surface area contributed by atoms with Gasteiger partial charge in [-0.3, -0.25) is 0 Å². The lowest BCUT2D eigenvalue weighted by atomic mass is 10.0. The average molecular weight is 534 g/mol. The highest BCUT2D eigenvalue weighted by Gasteiger charge is 2.17. The van der Waals surface area contributed by atoms with Crippen LogP contribution in [0.5, 0.6) is 17.2 Å². The Morgan fingerprint density at radius 2 is 1.87 bits per heavy atom. The fraction of sp³-hybridized carbons (Fsp3) is 0.682. The van der Waals surface area contributed by atoms with Gasteiger partial charge in [0.2, 0.25) is 5.75 Å². The molecule has 172 valence electrons. The van der Waals surface area contributed by atoms with Gasteiger partial charge in [0.05, 0.1) is 27.9 Å². The van der Waals surface area contributed by atoms with E-state index in [1.165, 1.54) is 25.8 Å². The molecule has 1 aromatic carbocycles. The molecule has 1 aromatic rings. The van der Waals surface area contributed by atoms with Gasteiger partial charge in [0.25, 0.3) is 0 Å². The van der Waals surface area contributed by atoms with Gasteiger partial charge in [-0.1, -0.05) is 6.42 Å². The molecule has 0 saturated carbocycles. The van der Waals surface area contributed by atoms with Crippen LogP contribution < -0.4 is 24.8 Å². The van der Waals surface area contributed by atoms with Crippen molar-refractivity contribution in [3.05, 3.63) is 17.7 Å². The van der Waals surface area contributed by atoms with Crippen LogP contribution in [0.2, 0.25) is 0 Å². The largest absolute Gasteiger partial charge is 0.493 e. The summed E-state index contributed by atoms with van der Waals surface area (Å²) in [6, 6.07) is 4.56. The number of methoxy groups -OCH3 is 3. The summed E-state index contributed by atoms with van der Waals surface area (Å²) in [5, 5.41) is 6.77. The molecule has 1 aliphatic heterocycles. The minimum atomic E-state index is 0. The highest BCUT2D eigenvalue weighted by Crippen LogP contribution is 2.39. The third-order valence-electron chi connectivity index (χ3n) is 5.39. The molecule has 7 nitrogen and oxygen atoms in total. The fourth-order valence-corrected chi connectivity index (χ4v) is 3.77. The predicted molar refractivity (Wildman–Crippen MR) is 134 cm³/mol. The van der Waals surface area contributed by atoms with Crippen molar-refractivity contribution >= 4 is 29.9 Å². The Hall–Kier alpha value is -1.42. The Labute approximate surface area is 199 Å². The Bertz CT molecular complexity index is 658. The number of halogens is 1. The maximum atomic E-state index is 5.56. The number of hydrogen-bond acceptors (Lipinski definition) is 5. The van der Waals surface area contributed by atoms with Crippen molar-refractivity contribution in [3.63, 3.8) is 0 Å². The zero-order valence-corrected chi connectivity index (χ0v) is 21.5. The molecule has 0 amide bonds. The monoisotopic (exact) mass is 534 g/mol. The highest BCUT2D eigenvalue weighted by atomic mass is 127. The lowest BCUT2D eigenvalue weighted by Gasteiger charge is -2.33. The van der Waals surface area contributed by atoms with Crippen molar-refractivity contribution in [1.82, 2.24) is 15.5 Å². The molecule has 1 atom stereocenters. The predicted octanol–water partition coefficient (Wildman–Crippen LogP) is 3.65. The van der Waals surface area contributed by atoms with E-state index >= 15 is 0 Å². The Morgan fingerprint density at radius 3 is 2.50 bits per heavy atom. The molecule has 1 fully saturated rings. The van der Waals surface area contributed by atoms with Crippen LogP contribution >= 0.6 is 24.0 Å². The number of aliphatic imine (C=N–C) groups is 1. The molecular weight excluding hydrogens is 495 g/mol. The van der Waals surface area contributed by atoms with Crippen molar-refractivity contribution in [2.75, 3.05) is 47.5 Å². The number of likely N-dealkylation sites (tertiary alicyclic amines) is 1. The Kier molecular flexibility index (Phi) is 12.9. The van der Waals surface area contributed by atoms with Crippen molar-refractivity contribution in [2.45, 2.75) is 52.1 Å². The third kappa shape index (κ3) is 7.68. The minimum Gasteiger partial charge on any atom is -0.493 e. The standard InChI is InChI=1S/C22H38N4O3.HI/c1-6-23-22(24-13-9-15-26-14-8-7-10-17(26)2)25-16-18-11-12-19(27-3)21(29-5)20(18)28-4;/h11-12,17H,6-10,13-16H2,1-5H3,(H2,23,24,25);1H. The van der Waals surface area contributed by atoms with Crippen molar-refractivity contribution in [2.24, 2.45) is 4.99 Å². The van der Waals surface area contributed by atoms with Gasteiger partial charge in [-0.05, 0) is 51.8 Å². The van der Waals surface area contributed by atoms with E-state index < -0.39 is 0 Å². The minimum absolute atomic E-state index is 0. The zero-order chi connectivity index (χ0) is 21.1. The summed E-state index contributed by atoms with van der Waals surface area (Å²) in [5.74, 6) is 2.71. The van der Waals surface area contributed by atoms with E-state index in [0.717, 1.165) is 37.6 Å². The van der Waals surface area contributed by atoms with Crippen molar-refractivity contribution in [3.8, 4) is 17.2 Å². The summed E-state index contributed by atoms with van der Waals surface area (Å²) in [7, 11) is 4.87. The molecule has 1 unspecified atom stereocenters. The maximum absolute atomic E-state index is 5.56. The summed E-state index contributed by atoms with van der Waals surface area (Å²) in [4.78, 5) is 7.33. The second-order valence-electron chi connectivity index (χ2n) is 7.35. The number of rotatable bonds is 10. The average Bonchev–Trinajstić information content (AvgIpc) is 2.75. The summed E-state index contributed by atoms with van der Waals surface area (Å²) >= 11 is 0. The van der Waals surface area contributed by atoms with E-state index in [2.05, 4.69) is 29.4 Å². The van der Waals surface area contributed by atoms with E-state index in [1.807, 2.05) is 12.1 Å². The summed E-state index contributed by atoms with van der Waals surface area (Å²) < 4.78 is 16.4. The molecule has 0 bridgehead atoms. The van der Waals surface area contributed by atoms with Crippen LogP contribution in [0.1, 0.15) is 45.1 Å². The number of nitrogens with zero attached hydrogens (tertiary/aromatic N) is 2. The van der Waals surface area contributed by atoms with Gasteiger partial charge >= 0.3 is 0 Å². The SMILES string of the molecule is CCNC(=NCc1ccc(OC)c(OC)c1OC)NCCCN1CCCCC1C.I. The molecule has 0 radical (unpaired) electrons. The van der Waals surface area contributed by atoms with Crippen molar-refractivity contribution in [1.29, 1.82) is 0 Å². The van der Waals surface area contributed by atoms with Crippen LogP contribution in [0, 0.1) is 0 Å². The molecule has 8 heteroatoms. The van der Waals surface area contributed by atoms with Crippen LogP contribution in [0.15, 0.2) is 17.1 Å². The summed E-state index contributed by atoms with van der Waals surface area (Å²) in [6.07, 6.45) is 5.13. The first-order chi connectivity index (χ1) is 14.1. The molecule has 2 N–H and O–H groups in total. The van der Waals surface area contributed by atoms with Crippen LogP contribution in [-0.2, 0) is 6.54 Å². The van der Waals surface area contributed by atoms with Gasteiger partial charge < -0.3 is 29.7 Å². The number of nitrogens with one attached hydrogen (secondary N) is 2. The zero-order valence-electron chi connectivity index (χ0n) is 19.1. The quantitative estimate of drug-likeness (QED) is 0.207. The first kappa shape index (κ1) is 26.6. The third-order valence-corrected chi connectivity index (χ3v) is 5.39. The summed E-state index contributed by atoms with van der Waals surface area (Å²) in [5.41, 5.74) is 0.949. The first-order valence-electron chi connectivity index (χ1n) is 10.7. The molecular formula is C22H39IN4O3. The number of piperidine rings is 1. The number of guanidine groups is 1. The van der Waals surface area contributed by atoms with Gasteiger partial charge in [-0.15, -0.1) is 24.0 Å². The van der Waals surface area contributed by atoms with Crippen LogP contribution in [0.4, 0.5) is 0 Å². The second kappa shape index (κ2) is 14.6. The smallest absolute Gasteiger partial charge is 0.203 e. The second-order valence-corrected chi connectivity index (χ2v) is 7.35. The Balaban J connectivity index is 0.00000450. The van der Waals surface area contributed by atoms with Gasteiger partial charge in [0.1, 0.15) is 0 Å². The summed E-state index contributed by atoms with van der Waals surface area (Å²) in [6.45, 7) is 8.99. The van der Waals surface area contributed by atoms with Gasteiger partial charge in [0.15, 0.2) is 17.5 Å². The van der Waals surface area contributed by atoms with E-state index in [4.69, 9.17) is 19.2 Å². The van der Waals surface area contributed by atoms with E-state index in [-0.39, 0.29) is 24.0 Å². The molecule has 2 rings (SSSR count). The van der Waals surface area contributed by atoms with E-state index in [1.54, 1.807) is 21.3 Å². The van der Waals surface area contributed by atoms with E-state index in [0.29, 0.717) is 29.8 Å². The molecule has 0 aliphatic carbocycles. The van der Waals surface area contributed by atoms with Gasteiger partial charge in [-0.25, -0.2) is 4.99 Å². The molecule has 30 heavy (non-hydrogen) atoms. The van der Waals surface area contributed by atoms with Crippen LogP contribution in [0.3, 0.4) is 0 Å². The maximum Gasteiger partial charge on any atom is 0.203 e. The lowest BCUT2D eigenvalue weighted by molar-refractivity contribution is 0.159. The normalized spacial score (nSPS) is 17.1. The Morgan fingerprint density at radius 1 is 1.10 bits per heavy atom. The molecule has 1 aliphatic rings. The van der Waals surface area contributed by atoms with Crippen molar-refractivity contribution < 1.29 is 14.2 Å². The molecule has 0 spiro atoms. The molecule has 1 saturated heterocycles. The molecule has 0 aromatic heterocycles. The number of hydrogen-bond donors (Lipinski definition) is 2. The molecule has 1 heterocycles. The van der Waals surface area contributed by atoms with E-state index in [9.17, 15) is 0 Å². The first-order valence-corrected chi connectivity index (χ1v) is 10.7. The lowest BCUT2D eigenvalue weighted by Crippen LogP contribution is -2.41. The van der Waals surface area contributed by atoms with Gasteiger partial charge in [0, 0.05) is 31.2 Å². The number of ether oxygens (including phenoxy) is 3. The number of benzene rings is 1. The van der Waals surface area contributed by atoms with Crippen LogP contribution in [0.25, 0.3) is 0 Å². The van der Waals surface area contributed by atoms with Crippen LogP contribution in [-0.4, -0.2) is 64.4 Å². The van der Waals surface area contributed by atoms with Gasteiger partial charge in [-0.2, -0.15) is 0 Å². The highest BCUT2D eigenvalue weighted by molar-refractivity contribution is 14.0. The topological polar surface area (TPSA) is 67.4 Å². The fourth-order valence-electron chi connectivity index (χ4n) is 3.77.